The van der Waals surface area contributed by atoms with E-state index in [9.17, 15) is 4.79 Å². The van der Waals surface area contributed by atoms with E-state index >= 15 is 0 Å². The lowest BCUT2D eigenvalue weighted by atomic mass is 10.0. The van der Waals surface area contributed by atoms with Crippen molar-refractivity contribution in [1.82, 2.24) is 5.32 Å². The number of carbonyl (C=O) groups is 1. The van der Waals surface area contributed by atoms with Gasteiger partial charge in [-0.2, -0.15) is 0 Å². The van der Waals surface area contributed by atoms with Crippen LogP contribution < -0.4 is 5.32 Å². The predicted octanol–water partition coefficient (Wildman–Crippen LogP) is 3.15. The van der Waals surface area contributed by atoms with Gasteiger partial charge in [0.1, 0.15) is 0 Å². The lowest BCUT2D eigenvalue weighted by Gasteiger charge is -2.21. The van der Waals surface area contributed by atoms with Crippen LogP contribution in [0.1, 0.15) is 53.7 Å². The van der Waals surface area contributed by atoms with Crippen LogP contribution in [0.4, 0.5) is 0 Å². The minimum Gasteiger partial charge on any atom is -0.396 e. The van der Waals surface area contributed by atoms with Crippen LogP contribution in [0.3, 0.4) is 0 Å². The van der Waals surface area contributed by atoms with Gasteiger partial charge in [-0.05, 0) is 37.3 Å². The second kappa shape index (κ2) is 7.65. The first-order chi connectivity index (χ1) is 8.99. The number of carbonyl (C=O) groups excluding carboxylic acids is 1. The fourth-order valence-corrected chi connectivity index (χ4v) is 3.07. The number of nitrogens with one attached hydrogen (secondary N) is 1. The standard InChI is InChI=1S/C15H25NO2S/c1-5-6-12-9-14(19-11(12)4)15(18)16-13(7-8-17)10(2)3/h9-10,13,17H,5-8H2,1-4H3,(H,16,18). The van der Waals surface area contributed by atoms with Gasteiger partial charge in [-0.1, -0.05) is 27.2 Å². The molecule has 0 aliphatic rings. The van der Waals surface area contributed by atoms with Gasteiger partial charge in [0.15, 0.2) is 0 Å². The first-order valence-electron chi connectivity index (χ1n) is 7.00. The summed E-state index contributed by atoms with van der Waals surface area (Å²) in [7, 11) is 0. The molecule has 0 aliphatic carbocycles. The Labute approximate surface area is 120 Å². The fraction of sp³-hybridized carbons (Fsp3) is 0.667. The highest BCUT2D eigenvalue weighted by molar-refractivity contribution is 7.14. The Morgan fingerprint density at radius 2 is 2.16 bits per heavy atom. The Balaban J connectivity index is 2.74. The molecular weight excluding hydrogens is 258 g/mol. The summed E-state index contributed by atoms with van der Waals surface area (Å²) in [5.41, 5.74) is 1.28. The summed E-state index contributed by atoms with van der Waals surface area (Å²) in [5.74, 6) is 0.315. The van der Waals surface area contributed by atoms with Gasteiger partial charge in [-0.25, -0.2) is 0 Å². The largest absolute Gasteiger partial charge is 0.396 e. The first-order valence-corrected chi connectivity index (χ1v) is 7.82. The fourth-order valence-electron chi connectivity index (χ4n) is 2.10. The van der Waals surface area contributed by atoms with Crippen LogP contribution in [-0.4, -0.2) is 23.7 Å². The predicted molar refractivity (Wildman–Crippen MR) is 80.8 cm³/mol. The highest BCUT2D eigenvalue weighted by Gasteiger charge is 2.18. The summed E-state index contributed by atoms with van der Waals surface area (Å²) >= 11 is 1.56. The van der Waals surface area contributed by atoms with E-state index in [1.165, 1.54) is 10.4 Å². The zero-order valence-corrected chi connectivity index (χ0v) is 13.1. The first kappa shape index (κ1) is 16.2. The minimum atomic E-state index is -0.0115. The lowest BCUT2D eigenvalue weighted by molar-refractivity contribution is 0.0920. The summed E-state index contributed by atoms with van der Waals surface area (Å²) in [6, 6.07) is 2.05. The molecule has 3 nitrogen and oxygen atoms in total. The van der Waals surface area contributed by atoms with Gasteiger partial charge in [0.2, 0.25) is 0 Å². The minimum absolute atomic E-state index is 0.0115. The number of thiophene rings is 1. The summed E-state index contributed by atoms with van der Waals surface area (Å²) in [5, 5.41) is 12.1. The smallest absolute Gasteiger partial charge is 0.261 e. The van der Waals surface area contributed by atoms with Crippen molar-refractivity contribution in [1.29, 1.82) is 0 Å². The molecule has 0 bridgehead atoms. The van der Waals surface area contributed by atoms with Crippen LogP contribution in [0.15, 0.2) is 6.07 Å². The van der Waals surface area contributed by atoms with Crippen molar-refractivity contribution < 1.29 is 9.90 Å². The van der Waals surface area contributed by atoms with Crippen molar-refractivity contribution in [2.45, 2.75) is 53.0 Å². The number of rotatable bonds is 7. The highest BCUT2D eigenvalue weighted by Crippen LogP contribution is 2.23. The van der Waals surface area contributed by atoms with Gasteiger partial charge >= 0.3 is 0 Å². The van der Waals surface area contributed by atoms with Crippen LogP contribution in [0.2, 0.25) is 0 Å². The maximum absolute atomic E-state index is 12.2. The van der Waals surface area contributed by atoms with Crippen LogP contribution in [-0.2, 0) is 6.42 Å². The molecule has 1 heterocycles. The zero-order valence-electron chi connectivity index (χ0n) is 12.3. The van der Waals surface area contributed by atoms with Crippen molar-refractivity contribution in [2.24, 2.45) is 5.92 Å². The van der Waals surface area contributed by atoms with Gasteiger partial charge < -0.3 is 10.4 Å². The average molecular weight is 283 g/mol. The number of aliphatic hydroxyl groups excluding tert-OH is 1. The molecule has 0 saturated carbocycles. The number of amides is 1. The summed E-state index contributed by atoms with van der Waals surface area (Å²) in [6.45, 7) is 8.44. The molecule has 0 fully saturated rings. The Hall–Kier alpha value is -0.870. The van der Waals surface area contributed by atoms with E-state index in [2.05, 4.69) is 33.0 Å². The third-order valence-electron chi connectivity index (χ3n) is 3.33. The van der Waals surface area contributed by atoms with Crippen molar-refractivity contribution in [3.63, 3.8) is 0 Å². The molecule has 0 aromatic carbocycles. The molecule has 0 aliphatic heterocycles. The molecule has 19 heavy (non-hydrogen) atoms. The van der Waals surface area contributed by atoms with E-state index in [0.29, 0.717) is 12.3 Å². The van der Waals surface area contributed by atoms with E-state index in [4.69, 9.17) is 5.11 Å². The van der Waals surface area contributed by atoms with Crippen molar-refractivity contribution in [2.75, 3.05) is 6.61 Å². The normalized spacial score (nSPS) is 12.7. The van der Waals surface area contributed by atoms with Gasteiger partial charge in [-0.15, -0.1) is 11.3 Å². The van der Waals surface area contributed by atoms with Crippen LogP contribution in [0.5, 0.6) is 0 Å². The van der Waals surface area contributed by atoms with Crippen molar-refractivity contribution in [3.05, 3.63) is 21.4 Å². The second-order valence-corrected chi connectivity index (χ2v) is 6.53. The third kappa shape index (κ3) is 4.62. The maximum atomic E-state index is 12.2. The van der Waals surface area contributed by atoms with E-state index in [1.54, 1.807) is 11.3 Å². The molecule has 1 unspecified atom stereocenters. The summed E-state index contributed by atoms with van der Waals surface area (Å²) < 4.78 is 0. The van der Waals surface area contributed by atoms with Gasteiger partial charge in [-0.3, -0.25) is 4.79 Å². The van der Waals surface area contributed by atoms with Gasteiger partial charge in [0.05, 0.1) is 4.88 Å². The van der Waals surface area contributed by atoms with E-state index < -0.39 is 0 Å². The zero-order chi connectivity index (χ0) is 14.4. The lowest BCUT2D eigenvalue weighted by Crippen LogP contribution is -2.38. The molecule has 0 radical (unpaired) electrons. The number of hydrogen-bond donors (Lipinski definition) is 2. The number of aliphatic hydroxyl groups is 1. The van der Waals surface area contributed by atoms with Crippen molar-refractivity contribution in [3.8, 4) is 0 Å². The molecule has 1 rings (SSSR count). The van der Waals surface area contributed by atoms with Gasteiger partial charge in [0.25, 0.3) is 5.91 Å². The molecule has 108 valence electrons. The Kier molecular flexibility index (Phi) is 6.52. The van der Waals surface area contributed by atoms with Crippen LogP contribution >= 0.6 is 11.3 Å². The Morgan fingerprint density at radius 1 is 1.47 bits per heavy atom. The molecule has 0 saturated heterocycles. The number of aryl methyl sites for hydroxylation is 2. The monoisotopic (exact) mass is 283 g/mol. The second-order valence-electron chi connectivity index (χ2n) is 5.28. The average Bonchev–Trinajstić information content (AvgIpc) is 2.71. The van der Waals surface area contributed by atoms with Crippen LogP contribution in [0, 0.1) is 12.8 Å². The quantitative estimate of drug-likeness (QED) is 0.807. The summed E-state index contributed by atoms with van der Waals surface area (Å²) in [4.78, 5) is 14.2. The highest BCUT2D eigenvalue weighted by atomic mass is 32.1. The molecule has 2 N–H and O–H groups in total. The molecule has 1 atom stereocenters. The Morgan fingerprint density at radius 3 is 2.68 bits per heavy atom. The topological polar surface area (TPSA) is 49.3 Å². The summed E-state index contributed by atoms with van der Waals surface area (Å²) in [6.07, 6.45) is 2.73. The van der Waals surface area contributed by atoms with E-state index in [0.717, 1.165) is 17.7 Å². The van der Waals surface area contributed by atoms with Crippen LogP contribution in [0.25, 0.3) is 0 Å². The molecule has 1 amide bonds. The van der Waals surface area contributed by atoms with E-state index in [-0.39, 0.29) is 18.6 Å². The maximum Gasteiger partial charge on any atom is 0.261 e. The molecule has 1 aromatic rings. The molecule has 1 aromatic heterocycles. The van der Waals surface area contributed by atoms with Crippen molar-refractivity contribution >= 4 is 17.2 Å². The molecule has 4 heteroatoms. The van der Waals surface area contributed by atoms with E-state index in [1.807, 2.05) is 6.07 Å². The molecular formula is C15H25NO2S. The van der Waals surface area contributed by atoms with Gasteiger partial charge in [0, 0.05) is 17.5 Å². The number of hydrogen-bond acceptors (Lipinski definition) is 3. The SMILES string of the molecule is CCCc1cc(C(=O)NC(CCO)C(C)C)sc1C. The molecule has 0 spiro atoms. The third-order valence-corrected chi connectivity index (χ3v) is 4.42. The Bertz CT molecular complexity index is 412.